The second-order valence-corrected chi connectivity index (χ2v) is 3.97. The molecule has 1 N–H and O–H groups in total. The number of rotatable bonds is 5. The van der Waals surface area contributed by atoms with Crippen molar-refractivity contribution in [1.82, 2.24) is 4.57 Å². The van der Waals surface area contributed by atoms with Crippen LogP contribution < -0.4 is 0 Å². The Bertz CT molecular complexity index is 420. The van der Waals surface area contributed by atoms with Crippen LogP contribution in [0.25, 0.3) is 0 Å². The van der Waals surface area contributed by atoms with E-state index in [0.29, 0.717) is 11.3 Å². The Morgan fingerprint density at radius 1 is 1.47 bits per heavy atom. The Morgan fingerprint density at radius 3 is 2.59 bits per heavy atom. The molecule has 5 heteroatoms. The van der Waals surface area contributed by atoms with Crippen LogP contribution >= 0.6 is 0 Å². The molecule has 0 spiro atoms. The Hall–Kier alpha value is -1.78. The molecule has 1 aromatic heterocycles. The van der Waals surface area contributed by atoms with Gasteiger partial charge >= 0.3 is 11.9 Å². The zero-order valence-electron chi connectivity index (χ0n) is 10.3. The van der Waals surface area contributed by atoms with Gasteiger partial charge in [0.1, 0.15) is 0 Å². The number of aliphatic carboxylic acids is 1. The lowest BCUT2D eigenvalue weighted by atomic mass is 10.2. The van der Waals surface area contributed by atoms with E-state index in [4.69, 9.17) is 9.84 Å². The summed E-state index contributed by atoms with van der Waals surface area (Å²) in [5.41, 5.74) is 0.828. The molecule has 0 aliphatic carbocycles. The number of carboxylic acid groups (broad SMARTS) is 1. The van der Waals surface area contributed by atoms with Crippen molar-refractivity contribution in [3.8, 4) is 0 Å². The van der Waals surface area contributed by atoms with Gasteiger partial charge in [-0.2, -0.15) is 0 Å². The van der Waals surface area contributed by atoms with E-state index < -0.39 is 11.9 Å². The molecule has 1 aromatic rings. The third kappa shape index (κ3) is 3.09. The molecule has 0 radical (unpaired) electrons. The first-order valence-corrected chi connectivity index (χ1v) is 5.56. The van der Waals surface area contributed by atoms with Gasteiger partial charge in [0, 0.05) is 17.9 Å². The third-order valence-corrected chi connectivity index (χ3v) is 2.39. The molecule has 0 saturated carbocycles. The Balaban J connectivity index is 3.12. The van der Waals surface area contributed by atoms with Crippen LogP contribution in [-0.4, -0.2) is 28.2 Å². The summed E-state index contributed by atoms with van der Waals surface area (Å²) in [6.45, 7) is 5.85. The predicted molar refractivity (Wildman–Crippen MR) is 62.1 cm³/mol. The Labute approximate surface area is 100 Å². The average molecular weight is 239 g/mol. The van der Waals surface area contributed by atoms with Crippen molar-refractivity contribution in [2.45, 2.75) is 33.2 Å². The monoisotopic (exact) mass is 239 g/mol. The zero-order chi connectivity index (χ0) is 13.0. The number of esters is 1. The van der Waals surface area contributed by atoms with Crippen molar-refractivity contribution < 1.29 is 19.4 Å². The van der Waals surface area contributed by atoms with E-state index in [9.17, 15) is 9.59 Å². The summed E-state index contributed by atoms with van der Waals surface area (Å²) >= 11 is 0. The quantitative estimate of drug-likeness (QED) is 0.796. The maximum atomic E-state index is 11.7. The summed E-state index contributed by atoms with van der Waals surface area (Å²) < 4.78 is 6.68. The first kappa shape index (κ1) is 13.3. The third-order valence-electron chi connectivity index (χ3n) is 2.39. The summed E-state index contributed by atoms with van der Waals surface area (Å²) in [5.74, 6) is -1.43. The largest absolute Gasteiger partial charge is 0.481 e. The fourth-order valence-corrected chi connectivity index (χ4v) is 1.69. The number of hydrogen-bond acceptors (Lipinski definition) is 3. The SMILES string of the molecule is CCOC(=O)c1ccn(C(C)C)c1CC(=O)O. The molecular formula is C12H17NO4. The van der Waals surface area contributed by atoms with Crippen LogP contribution in [0.1, 0.15) is 42.9 Å². The summed E-state index contributed by atoms with van der Waals surface area (Å²) in [6.07, 6.45) is 1.54. The van der Waals surface area contributed by atoms with Crippen LogP contribution in [0.3, 0.4) is 0 Å². The molecule has 0 fully saturated rings. The Kier molecular flexibility index (Phi) is 4.31. The Morgan fingerprint density at radius 2 is 2.12 bits per heavy atom. The van der Waals surface area contributed by atoms with Crippen molar-refractivity contribution in [2.75, 3.05) is 6.61 Å². The van der Waals surface area contributed by atoms with E-state index in [1.807, 2.05) is 13.8 Å². The molecule has 1 rings (SSSR count). The number of nitrogens with zero attached hydrogens (tertiary/aromatic N) is 1. The minimum atomic E-state index is -0.962. The highest BCUT2D eigenvalue weighted by molar-refractivity contribution is 5.92. The van der Waals surface area contributed by atoms with Crippen molar-refractivity contribution in [3.05, 3.63) is 23.5 Å². The molecule has 17 heavy (non-hydrogen) atoms. The molecule has 0 unspecified atom stereocenters. The van der Waals surface area contributed by atoms with Crippen LogP contribution in [0.15, 0.2) is 12.3 Å². The van der Waals surface area contributed by atoms with Gasteiger partial charge in [0.25, 0.3) is 0 Å². The van der Waals surface area contributed by atoms with E-state index in [2.05, 4.69) is 0 Å². The molecular weight excluding hydrogens is 222 g/mol. The van der Waals surface area contributed by atoms with Crippen LogP contribution in [0.2, 0.25) is 0 Å². The van der Waals surface area contributed by atoms with Gasteiger partial charge in [-0.25, -0.2) is 4.79 Å². The lowest BCUT2D eigenvalue weighted by molar-refractivity contribution is -0.136. The second kappa shape index (κ2) is 5.52. The van der Waals surface area contributed by atoms with Crippen molar-refractivity contribution in [1.29, 1.82) is 0 Å². The number of carbonyl (C=O) groups excluding carboxylic acids is 1. The number of hydrogen-bond donors (Lipinski definition) is 1. The van der Waals surface area contributed by atoms with Gasteiger partial charge in [-0.05, 0) is 26.8 Å². The van der Waals surface area contributed by atoms with Crippen LogP contribution in [0.5, 0.6) is 0 Å². The molecule has 0 aliphatic heterocycles. The minimum Gasteiger partial charge on any atom is -0.481 e. The molecule has 0 aliphatic rings. The van der Waals surface area contributed by atoms with Crippen LogP contribution in [0, 0.1) is 0 Å². The summed E-state index contributed by atoms with van der Waals surface area (Å²) in [6, 6.07) is 1.71. The van der Waals surface area contributed by atoms with E-state index in [1.54, 1.807) is 23.8 Å². The van der Waals surface area contributed by atoms with Crippen molar-refractivity contribution >= 4 is 11.9 Å². The van der Waals surface area contributed by atoms with Crippen LogP contribution in [0.4, 0.5) is 0 Å². The first-order chi connectivity index (χ1) is 7.97. The maximum absolute atomic E-state index is 11.7. The fraction of sp³-hybridized carbons (Fsp3) is 0.500. The predicted octanol–water partition coefficient (Wildman–Crippen LogP) is 1.87. The van der Waals surface area contributed by atoms with Crippen molar-refractivity contribution in [2.24, 2.45) is 0 Å². The maximum Gasteiger partial charge on any atom is 0.339 e. The molecule has 94 valence electrons. The molecule has 0 amide bonds. The smallest absolute Gasteiger partial charge is 0.339 e. The zero-order valence-corrected chi connectivity index (χ0v) is 10.3. The average Bonchev–Trinajstić information content (AvgIpc) is 2.60. The number of carbonyl (C=O) groups is 2. The van der Waals surface area contributed by atoms with Gasteiger partial charge in [-0.3, -0.25) is 4.79 Å². The summed E-state index contributed by atoms with van der Waals surface area (Å²) in [7, 11) is 0. The van der Waals surface area contributed by atoms with Gasteiger partial charge in [0.15, 0.2) is 0 Å². The molecule has 0 saturated heterocycles. The number of aromatic nitrogens is 1. The fourth-order valence-electron chi connectivity index (χ4n) is 1.69. The first-order valence-electron chi connectivity index (χ1n) is 5.56. The van der Waals surface area contributed by atoms with E-state index in [1.165, 1.54) is 0 Å². The van der Waals surface area contributed by atoms with Gasteiger partial charge in [0.2, 0.25) is 0 Å². The highest BCUT2D eigenvalue weighted by Gasteiger charge is 2.20. The molecule has 0 atom stereocenters. The topological polar surface area (TPSA) is 68.5 Å². The normalized spacial score (nSPS) is 10.6. The lowest BCUT2D eigenvalue weighted by Crippen LogP contribution is -2.14. The number of ether oxygens (including phenoxy) is 1. The highest BCUT2D eigenvalue weighted by atomic mass is 16.5. The number of carboxylic acids is 1. The molecule has 0 aromatic carbocycles. The lowest BCUT2D eigenvalue weighted by Gasteiger charge is -2.12. The van der Waals surface area contributed by atoms with Crippen molar-refractivity contribution in [3.63, 3.8) is 0 Å². The molecule has 5 nitrogen and oxygen atoms in total. The van der Waals surface area contributed by atoms with Gasteiger partial charge < -0.3 is 14.4 Å². The summed E-state index contributed by atoms with van der Waals surface area (Å²) in [4.78, 5) is 22.5. The van der Waals surface area contributed by atoms with Gasteiger partial charge in [0.05, 0.1) is 18.6 Å². The standard InChI is InChI=1S/C12H17NO4/c1-4-17-12(16)9-5-6-13(8(2)3)10(9)7-11(14)15/h5-6,8H,4,7H2,1-3H3,(H,14,15). The molecule has 0 bridgehead atoms. The van der Waals surface area contributed by atoms with E-state index >= 15 is 0 Å². The van der Waals surface area contributed by atoms with Gasteiger partial charge in [-0.15, -0.1) is 0 Å². The minimum absolute atomic E-state index is 0.104. The van der Waals surface area contributed by atoms with E-state index in [-0.39, 0.29) is 19.1 Å². The van der Waals surface area contributed by atoms with Gasteiger partial charge in [-0.1, -0.05) is 0 Å². The highest BCUT2D eigenvalue weighted by Crippen LogP contribution is 2.18. The second-order valence-electron chi connectivity index (χ2n) is 3.97. The van der Waals surface area contributed by atoms with Crippen LogP contribution in [-0.2, 0) is 16.0 Å². The van der Waals surface area contributed by atoms with E-state index in [0.717, 1.165) is 0 Å². The summed E-state index contributed by atoms with van der Waals surface area (Å²) in [5, 5.41) is 8.86. The molecule has 1 heterocycles.